The molecule has 0 saturated carbocycles. The van der Waals surface area contributed by atoms with Gasteiger partial charge >= 0.3 is 5.97 Å². The van der Waals surface area contributed by atoms with E-state index in [-0.39, 0.29) is 11.6 Å². The summed E-state index contributed by atoms with van der Waals surface area (Å²) < 4.78 is 5.17. The second-order valence-electron chi connectivity index (χ2n) is 3.44. The quantitative estimate of drug-likeness (QED) is 0.521. The Kier molecular flexibility index (Phi) is 1.71. The van der Waals surface area contributed by atoms with Crippen LogP contribution in [0.25, 0.3) is 0 Å². The fraction of sp³-hybridized carbons (Fsp3) is 0.875. The lowest BCUT2D eigenvalue weighted by Gasteiger charge is -2.26. The van der Waals surface area contributed by atoms with Crippen molar-refractivity contribution in [1.82, 2.24) is 0 Å². The topological polar surface area (TPSA) is 26.3 Å². The van der Waals surface area contributed by atoms with Crippen molar-refractivity contribution in [2.75, 3.05) is 0 Å². The van der Waals surface area contributed by atoms with Crippen LogP contribution in [0.5, 0.6) is 0 Å². The average Bonchev–Trinajstić information content (AvgIpc) is 2.13. The maximum absolute atomic E-state index is 10.7. The average molecular weight is 142 g/mol. The number of hydrogen-bond donors (Lipinski definition) is 0. The smallest absolute Gasteiger partial charge is 0.306 e. The number of rotatable bonds is 1. The number of ether oxygens (including phenoxy) is 1. The number of carbonyl (C=O) groups excluding carboxylic acids is 1. The highest BCUT2D eigenvalue weighted by Gasteiger charge is 2.38. The van der Waals surface area contributed by atoms with Crippen molar-refractivity contribution in [2.24, 2.45) is 5.92 Å². The summed E-state index contributed by atoms with van der Waals surface area (Å²) in [4.78, 5) is 10.7. The van der Waals surface area contributed by atoms with Gasteiger partial charge in [-0.25, -0.2) is 0 Å². The molecule has 0 amide bonds. The van der Waals surface area contributed by atoms with Gasteiger partial charge in [-0.15, -0.1) is 0 Å². The van der Waals surface area contributed by atoms with E-state index in [0.717, 1.165) is 6.42 Å². The molecule has 0 bridgehead atoms. The Hall–Kier alpha value is -0.530. The summed E-state index contributed by atoms with van der Waals surface area (Å²) >= 11 is 0. The molecule has 0 unspecified atom stereocenters. The zero-order chi connectivity index (χ0) is 7.78. The van der Waals surface area contributed by atoms with Crippen molar-refractivity contribution < 1.29 is 9.53 Å². The van der Waals surface area contributed by atoms with Gasteiger partial charge in [0, 0.05) is 6.42 Å². The van der Waals surface area contributed by atoms with Gasteiger partial charge in [0.05, 0.1) is 0 Å². The molecule has 0 N–H and O–H groups in total. The number of carbonyl (C=O) groups is 1. The number of esters is 1. The fourth-order valence-electron chi connectivity index (χ4n) is 1.12. The van der Waals surface area contributed by atoms with Crippen molar-refractivity contribution in [1.29, 1.82) is 0 Å². The van der Waals surface area contributed by atoms with Crippen molar-refractivity contribution in [3.8, 4) is 0 Å². The molecule has 1 aliphatic rings. The van der Waals surface area contributed by atoms with Crippen molar-refractivity contribution in [3.05, 3.63) is 0 Å². The molecule has 1 aliphatic heterocycles. The van der Waals surface area contributed by atoms with Gasteiger partial charge < -0.3 is 4.74 Å². The zero-order valence-corrected chi connectivity index (χ0v) is 6.81. The van der Waals surface area contributed by atoms with E-state index < -0.39 is 0 Å². The predicted molar refractivity (Wildman–Crippen MR) is 38.6 cm³/mol. The van der Waals surface area contributed by atoms with Crippen LogP contribution in [-0.4, -0.2) is 11.6 Å². The zero-order valence-electron chi connectivity index (χ0n) is 6.81. The third-order valence-corrected chi connectivity index (χ3v) is 2.39. The first-order valence-corrected chi connectivity index (χ1v) is 3.76. The Balaban J connectivity index is 2.63. The lowest BCUT2D eigenvalue weighted by atomic mass is 9.90. The van der Waals surface area contributed by atoms with E-state index in [4.69, 9.17) is 4.74 Å². The first-order valence-electron chi connectivity index (χ1n) is 3.76. The van der Waals surface area contributed by atoms with Crippen LogP contribution in [-0.2, 0) is 9.53 Å². The SMILES string of the molecule is CC(C)[C@]1(C)CCC(=O)O1. The number of hydrogen-bond acceptors (Lipinski definition) is 2. The van der Waals surface area contributed by atoms with Crippen LogP contribution >= 0.6 is 0 Å². The molecule has 1 heterocycles. The fourth-order valence-corrected chi connectivity index (χ4v) is 1.12. The van der Waals surface area contributed by atoms with Gasteiger partial charge in [-0.2, -0.15) is 0 Å². The molecule has 0 radical (unpaired) electrons. The monoisotopic (exact) mass is 142 g/mol. The van der Waals surface area contributed by atoms with Crippen LogP contribution in [0.4, 0.5) is 0 Å². The molecule has 1 rings (SSSR count). The standard InChI is InChI=1S/C8H14O2/c1-6(2)8(3)5-4-7(9)10-8/h6H,4-5H2,1-3H3/t8-/m0/s1. The van der Waals surface area contributed by atoms with Gasteiger partial charge in [0.25, 0.3) is 0 Å². The Morgan fingerprint density at radius 1 is 1.60 bits per heavy atom. The Morgan fingerprint density at radius 2 is 2.20 bits per heavy atom. The highest BCUT2D eigenvalue weighted by Crippen LogP contribution is 2.32. The molecule has 2 heteroatoms. The normalized spacial score (nSPS) is 33.0. The number of cyclic esters (lactones) is 1. The maximum atomic E-state index is 10.7. The van der Waals surface area contributed by atoms with Crippen LogP contribution in [0.3, 0.4) is 0 Å². The van der Waals surface area contributed by atoms with E-state index in [1.165, 1.54) is 0 Å². The highest BCUT2D eigenvalue weighted by molar-refractivity contribution is 5.72. The molecule has 1 fully saturated rings. The van der Waals surface area contributed by atoms with Gasteiger partial charge in [-0.3, -0.25) is 4.79 Å². The van der Waals surface area contributed by atoms with E-state index >= 15 is 0 Å². The lowest BCUT2D eigenvalue weighted by molar-refractivity contribution is -0.150. The molecule has 1 saturated heterocycles. The molecule has 0 aromatic carbocycles. The summed E-state index contributed by atoms with van der Waals surface area (Å²) in [6.07, 6.45) is 1.47. The molecule has 58 valence electrons. The predicted octanol–water partition coefficient (Wildman–Crippen LogP) is 1.74. The van der Waals surface area contributed by atoms with Crippen LogP contribution < -0.4 is 0 Å². The highest BCUT2D eigenvalue weighted by atomic mass is 16.6. The molecule has 0 aromatic rings. The summed E-state index contributed by atoms with van der Waals surface area (Å²) in [5, 5.41) is 0. The van der Waals surface area contributed by atoms with Gasteiger partial charge in [0.1, 0.15) is 5.60 Å². The van der Waals surface area contributed by atoms with E-state index in [9.17, 15) is 4.79 Å². The van der Waals surface area contributed by atoms with E-state index in [0.29, 0.717) is 12.3 Å². The van der Waals surface area contributed by atoms with Crippen molar-refractivity contribution in [3.63, 3.8) is 0 Å². The van der Waals surface area contributed by atoms with E-state index in [1.807, 2.05) is 6.92 Å². The molecule has 10 heavy (non-hydrogen) atoms. The Bertz CT molecular complexity index is 151. The summed E-state index contributed by atoms with van der Waals surface area (Å²) in [6.45, 7) is 6.17. The summed E-state index contributed by atoms with van der Waals surface area (Å²) in [7, 11) is 0. The minimum Gasteiger partial charge on any atom is -0.459 e. The second-order valence-corrected chi connectivity index (χ2v) is 3.44. The molecule has 0 spiro atoms. The molecule has 0 aromatic heterocycles. The third-order valence-electron chi connectivity index (χ3n) is 2.39. The third kappa shape index (κ3) is 1.15. The first kappa shape index (κ1) is 7.58. The summed E-state index contributed by atoms with van der Waals surface area (Å²) in [6, 6.07) is 0. The summed E-state index contributed by atoms with van der Waals surface area (Å²) in [5.74, 6) is 0.384. The molecule has 1 atom stereocenters. The molecule has 0 aliphatic carbocycles. The van der Waals surface area contributed by atoms with Gasteiger partial charge in [0.2, 0.25) is 0 Å². The van der Waals surface area contributed by atoms with Gasteiger partial charge in [0.15, 0.2) is 0 Å². The van der Waals surface area contributed by atoms with Crippen LogP contribution in [0, 0.1) is 5.92 Å². The first-order chi connectivity index (χ1) is 4.54. The molecular formula is C8H14O2. The maximum Gasteiger partial charge on any atom is 0.306 e. The van der Waals surface area contributed by atoms with Crippen molar-refractivity contribution in [2.45, 2.75) is 39.2 Å². The lowest BCUT2D eigenvalue weighted by Crippen LogP contribution is -2.30. The van der Waals surface area contributed by atoms with Crippen molar-refractivity contribution >= 4 is 5.97 Å². The summed E-state index contributed by atoms with van der Waals surface area (Å²) in [5.41, 5.74) is -0.183. The van der Waals surface area contributed by atoms with E-state index in [1.54, 1.807) is 0 Å². The Morgan fingerprint density at radius 3 is 2.40 bits per heavy atom. The van der Waals surface area contributed by atoms with Crippen LogP contribution in [0.2, 0.25) is 0 Å². The second kappa shape index (κ2) is 2.26. The minimum absolute atomic E-state index is 0.0452. The van der Waals surface area contributed by atoms with E-state index in [2.05, 4.69) is 13.8 Å². The molecule has 2 nitrogen and oxygen atoms in total. The largest absolute Gasteiger partial charge is 0.459 e. The minimum atomic E-state index is -0.183. The van der Waals surface area contributed by atoms with Gasteiger partial charge in [-0.1, -0.05) is 13.8 Å². The van der Waals surface area contributed by atoms with Crippen LogP contribution in [0.15, 0.2) is 0 Å². The van der Waals surface area contributed by atoms with Crippen LogP contribution in [0.1, 0.15) is 33.6 Å². The molecular weight excluding hydrogens is 128 g/mol. The van der Waals surface area contributed by atoms with Gasteiger partial charge in [-0.05, 0) is 19.3 Å². The Labute approximate surface area is 61.6 Å².